The molecule has 1 atom stereocenters. The van der Waals surface area contributed by atoms with Crippen molar-refractivity contribution in [2.45, 2.75) is 25.3 Å². The second-order valence-electron chi connectivity index (χ2n) is 3.40. The molecule has 5 heteroatoms. The van der Waals surface area contributed by atoms with E-state index in [0.29, 0.717) is 4.48 Å². The summed E-state index contributed by atoms with van der Waals surface area (Å²) >= 11 is 3.08. The Kier molecular flexibility index (Phi) is 3.69. The zero-order valence-electron chi connectivity index (χ0n) is 7.62. The molecule has 2 N–H and O–H groups in total. The molecule has 1 fully saturated rings. The lowest BCUT2D eigenvalue weighted by molar-refractivity contribution is -0.141. The van der Waals surface area contributed by atoms with Crippen LogP contribution in [0.3, 0.4) is 0 Å². The molecule has 14 heavy (non-hydrogen) atoms. The average Bonchev–Trinajstić information content (AvgIpc) is 2.83. The predicted octanol–water partition coefficient (Wildman–Crippen LogP) is 1.26. The van der Waals surface area contributed by atoms with Gasteiger partial charge in [0.2, 0.25) is 5.91 Å². The minimum atomic E-state index is -1.03. The van der Waals surface area contributed by atoms with Gasteiger partial charge in [-0.1, -0.05) is 22.5 Å². The second kappa shape index (κ2) is 4.59. The van der Waals surface area contributed by atoms with Gasteiger partial charge in [0, 0.05) is 12.3 Å². The molecule has 0 saturated heterocycles. The molecule has 1 rings (SSSR count). The van der Waals surface area contributed by atoms with E-state index in [0.717, 1.165) is 12.8 Å². The number of halogens is 1. The molecular formula is C9H12BrNO3. The molecule has 0 bridgehead atoms. The van der Waals surface area contributed by atoms with E-state index >= 15 is 0 Å². The molecule has 1 aliphatic rings. The van der Waals surface area contributed by atoms with E-state index in [9.17, 15) is 9.59 Å². The molecule has 1 aliphatic carbocycles. The molecule has 1 saturated carbocycles. The maximum absolute atomic E-state index is 11.3. The Morgan fingerprint density at radius 3 is 2.50 bits per heavy atom. The van der Waals surface area contributed by atoms with Crippen LogP contribution in [0.15, 0.2) is 11.1 Å². The number of hydrogen-bond donors (Lipinski definition) is 2. The van der Waals surface area contributed by atoms with E-state index < -0.39 is 12.0 Å². The molecule has 0 radical (unpaired) electrons. The van der Waals surface area contributed by atoms with Crippen LogP contribution in [0.1, 0.15) is 19.3 Å². The highest BCUT2D eigenvalue weighted by Gasteiger charge is 2.32. The summed E-state index contributed by atoms with van der Waals surface area (Å²) in [5.74, 6) is -1.16. The van der Waals surface area contributed by atoms with E-state index in [2.05, 4.69) is 27.8 Å². The molecule has 0 aromatic heterocycles. The summed E-state index contributed by atoms with van der Waals surface area (Å²) in [5, 5.41) is 11.3. The fourth-order valence-corrected chi connectivity index (χ4v) is 1.38. The van der Waals surface area contributed by atoms with Crippen molar-refractivity contribution in [3.8, 4) is 0 Å². The maximum atomic E-state index is 11.3. The highest BCUT2D eigenvalue weighted by Crippen LogP contribution is 2.29. The monoisotopic (exact) mass is 261 g/mol. The molecular weight excluding hydrogens is 250 g/mol. The van der Waals surface area contributed by atoms with Crippen molar-refractivity contribution < 1.29 is 14.7 Å². The summed E-state index contributed by atoms with van der Waals surface area (Å²) < 4.78 is 0.570. The SMILES string of the molecule is C=C(Br)C[C@H](NC(=O)C1CC1)C(=O)O. The molecule has 0 aromatic carbocycles. The smallest absolute Gasteiger partial charge is 0.326 e. The molecule has 0 aromatic rings. The van der Waals surface area contributed by atoms with E-state index in [1.807, 2.05) is 0 Å². The van der Waals surface area contributed by atoms with Gasteiger partial charge in [-0.05, 0) is 17.3 Å². The van der Waals surface area contributed by atoms with Crippen LogP contribution in [0.4, 0.5) is 0 Å². The van der Waals surface area contributed by atoms with Crippen molar-refractivity contribution >= 4 is 27.8 Å². The first-order valence-electron chi connectivity index (χ1n) is 4.37. The topological polar surface area (TPSA) is 66.4 Å². The highest BCUT2D eigenvalue weighted by atomic mass is 79.9. The maximum Gasteiger partial charge on any atom is 0.326 e. The van der Waals surface area contributed by atoms with Gasteiger partial charge in [0.25, 0.3) is 0 Å². The molecule has 78 valence electrons. The number of aliphatic carboxylic acids is 1. The van der Waals surface area contributed by atoms with Crippen LogP contribution >= 0.6 is 15.9 Å². The Morgan fingerprint density at radius 1 is 1.57 bits per heavy atom. The van der Waals surface area contributed by atoms with Gasteiger partial charge in [0.05, 0.1) is 0 Å². The second-order valence-corrected chi connectivity index (χ2v) is 4.52. The van der Waals surface area contributed by atoms with Crippen LogP contribution in [0.25, 0.3) is 0 Å². The normalized spacial score (nSPS) is 17.2. The van der Waals surface area contributed by atoms with Crippen LogP contribution in [-0.2, 0) is 9.59 Å². The first-order chi connectivity index (χ1) is 6.50. The van der Waals surface area contributed by atoms with E-state index in [1.165, 1.54) is 0 Å². The predicted molar refractivity (Wildman–Crippen MR) is 55.0 cm³/mol. The first kappa shape index (κ1) is 11.2. The Morgan fingerprint density at radius 2 is 2.14 bits per heavy atom. The minimum absolute atomic E-state index is 0.0282. The van der Waals surface area contributed by atoms with Gasteiger partial charge in [-0.2, -0.15) is 0 Å². The zero-order valence-corrected chi connectivity index (χ0v) is 9.21. The van der Waals surface area contributed by atoms with Crippen LogP contribution < -0.4 is 5.32 Å². The fourth-order valence-electron chi connectivity index (χ4n) is 1.06. The molecule has 0 spiro atoms. The van der Waals surface area contributed by atoms with E-state index in [1.54, 1.807) is 0 Å². The van der Waals surface area contributed by atoms with Gasteiger partial charge >= 0.3 is 5.97 Å². The largest absolute Gasteiger partial charge is 0.480 e. The summed E-state index contributed by atoms with van der Waals surface area (Å²) in [4.78, 5) is 22.0. The lowest BCUT2D eigenvalue weighted by Gasteiger charge is -2.13. The summed E-state index contributed by atoms with van der Waals surface area (Å²) in [7, 11) is 0. The Balaban J connectivity index is 2.45. The van der Waals surface area contributed by atoms with E-state index in [-0.39, 0.29) is 18.2 Å². The van der Waals surface area contributed by atoms with Gasteiger partial charge in [-0.25, -0.2) is 4.79 Å². The van der Waals surface area contributed by atoms with Crippen LogP contribution in [0.5, 0.6) is 0 Å². The van der Waals surface area contributed by atoms with Gasteiger partial charge in [-0.3, -0.25) is 4.79 Å². The van der Waals surface area contributed by atoms with Crippen LogP contribution in [0.2, 0.25) is 0 Å². The number of rotatable bonds is 5. The van der Waals surface area contributed by atoms with Gasteiger partial charge in [0.15, 0.2) is 0 Å². The average molecular weight is 262 g/mol. The molecule has 0 heterocycles. The summed E-state index contributed by atoms with van der Waals surface area (Å²) in [6.07, 6.45) is 1.95. The number of amides is 1. The van der Waals surface area contributed by atoms with Crippen molar-refractivity contribution in [1.29, 1.82) is 0 Å². The Hall–Kier alpha value is -0.840. The Labute approximate surface area is 90.5 Å². The van der Waals surface area contributed by atoms with Crippen molar-refractivity contribution in [2.24, 2.45) is 5.92 Å². The Bertz CT molecular complexity index is 273. The molecule has 1 amide bonds. The quantitative estimate of drug-likeness (QED) is 0.783. The van der Waals surface area contributed by atoms with Crippen LogP contribution in [-0.4, -0.2) is 23.0 Å². The van der Waals surface area contributed by atoms with Crippen molar-refractivity contribution in [3.63, 3.8) is 0 Å². The van der Waals surface area contributed by atoms with Crippen molar-refractivity contribution in [1.82, 2.24) is 5.32 Å². The first-order valence-corrected chi connectivity index (χ1v) is 5.16. The molecule has 0 unspecified atom stereocenters. The van der Waals surface area contributed by atoms with Gasteiger partial charge < -0.3 is 10.4 Å². The number of nitrogens with one attached hydrogen (secondary N) is 1. The molecule has 0 aliphatic heterocycles. The minimum Gasteiger partial charge on any atom is -0.480 e. The zero-order chi connectivity index (χ0) is 10.7. The molecule has 4 nitrogen and oxygen atoms in total. The summed E-state index contributed by atoms with van der Waals surface area (Å²) in [5.41, 5.74) is 0. The third kappa shape index (κ3) is 3.49. The third-order valence-electron chi connectivity index (χ3n) is 1.99. The lowest BCUT2D eigenvalue weighted by Crippen LogP contribution is -2.41. The standard InChI is InChI=1S/C9H12BrNO3/c1-5(10)4-7(9(13)14)11-8(12)6-2-3-6/h6-7H,1-4H2,(H,11,12)(H,13,14)/t7-/m0/s1. The van der Waals surface area contributed by atoms with Gasteiger partial charge in [0.1, 0.15) is 6.04 Å². The third-order valence-corrected chi connectivity index (χ3v) is 2.31. The summed E-state index contributed by atoms with van der Waals surface area (Å²) in [6.45, 7) is 3.55. The van der Waals surface area contributed by atoms with E-state index in [4.69, 9.17) is 5.11 Å². The number of hydrogen-bond acceptors (Lipinski definition) is 2. The van der Waals surface area contributed by atoms with Crippen molar-refractivity contribution in [3.05, 3.63) is 11.1 Å². The summed E-state index contributed by atoms with van der Waals surface area (Å²) in [6, 6.07) is -0.866. The number of carboxylic acid groups (broad SMARTS) is 1. The van der Waals surface area contributed by atoms with Crippen LogP contribution in [0, 0.1) is 5.92 Å². The van der Waals surface area contributed by atoms with Crippen molar-refractivity contribution in [2.75, 3.05) is 0 Å². The number of carbonyl (C=O) groups is 2. The highest BCUT2D eigenvalue weighted by molar-refractivity contribution is 9.11. The number of carboxylic acids is 1. The van der Waals surface area contributed by atoms with Gasteiger partial charge in [-0.15, -0.1) is 0 Å². The number of carbonyl (C=O) groups excluding carboxylic acids is 1. The lowest BCUT2D eigenvalue weighted by atomic mass is 10.2. The fraction of sp³-hybridized carbons (Fsp3) is 0.556.